The monoisotopic (exact) mass is 496 g/mol. The van der Waals surface area contributed by atoms with Crippen molar-refractivity contribution in [3.63, 3.8) is 0 Å². The lowest BCUT2D eigenvalue weighted by Crippen LogP contribution is -2.23. The highest BCUT2D eigenvalue weighted by molar-refractivity contribution is 5.97. The van der Waals surface area contributed by atoms with Crippen LogP contribution in [0.3, 0.4) is 0 Å². The molecule has 0 fully saturated rings. The molecule has 0 saturated heterocycles. The van der Waals surface area contributed by atoms with Crippen LogP contribution in [0.2, 0.25) is 0 Å². The minimum absolute atomic E-state index is 0.0385. The van der Waals surface area contributed by atoms with Crippen LogP contribution in [0, 0.1) is 0 Å². The van der Waals surface area contributed by atoms with Gasteiger partial charge >= 0.3 is 0 Å². The van der Waals surface area contributed by atoms with Gasteiger partial charge in [0.25, 0.3) is 5.91 Å². The Hall–Kier alpha value is -4.85. The summed E-state index contributed by atoms with van der Waals surface area (Å²) in [6, 6.07) is 27.2. The first-order chi connectivity index (χ1) is 18.0. The van der Waals surface area contributed by atoms with E-state index in [4.69, 9.17) is 4.42 Å². The summed E-state index contributed by atoms with van der Waals surface area (Å²) in [5, 5.41) is 11.5. The molecule has 8 nitrogen and oxygen atoms in total. The second-order valence-corrected chi connectivity index (χ2v) is 8.36. The molecule has 1 aromatic heterocycles. The van der Waals surface area contributed by atoms with E-state index in [1.165, 1.54) is 0 Å². The first kappa shape index (κ1) is 25.2. The van der Waals surface area contributed by atoms with Gasteiger partial charge in [0, 0.05) is 29.0 Å². The molecule has 37 heavy (non-hydrogen) atoms. The standard InChI is InChI=1S/C29H28N4O4/c34-27(16-11-21-6-2-1-3-7-21)33-25-9-4-8-24(18-25)30-20-28(35)32-23-14-12-22(13-15-23)29(36)31-19-26-10-5-17-37-26/h1-10,12-15,17-18,30H,11,16,19-20H2,(H,31,36)(H,32,35)(H,33,34). The van der Waals surface area contributed by atoms with Crippen LogP contribution in [0.4, 0.5) is 17.1 Å². The predicted molar refractivity (Wildman–Crippen MR) is 143 cm³/mol. The van der Waals surface area contributed by atoms with Crippen molar-refractivity contribution in [2.45, 2.75) is 19.4 Å². The third-order valence-corrected chi connectivity index (χ3v) is 5.52. The van der Waals surface area contributed by atoms with Crippen LogP contribution in [0.5, 0.6) is 0 Å². The van der Waals surface area contributed by atoms with E-state index in [0.29, 0.717) is 47.8 Å². The van der Waals surface area contributed by atoms with Crippen molar-refractivity contribution in [1.29, 1.82) is 0 Å². The smallest absolute Gasteiger partial charge is 0.251 e. The van der Waals surface area contributed by atoms with E-state index < -0.39 is 0 Å². The Morgan fingerprint density at radius 1 is 0.703 bits per heavy atom. The van der Waals surface area contributed by atoms with E-state index in [1.807, 2.05) is 42.5 Å². The Morgan fingerprint density at radius 3 is 2.22 bits per heavy atom. The Balaban J connectivity index is 1.20. The van der Waals surface area contributed by atoms with Crippen LogP contribution in [0.25, 0.3) is 0 Å². The molecule has 0 bridgehead atoms. The number of nitrogens with one attached hydrogen (secondary N) is 4. The SMILES string of the molecule is O=C(CCc1ccccc1)Nc1cccc(NCC(=O)Nc2ccc(C(=O)NCc3ccco3)cc2)c1. The van der Waals surface area contributed by atoms with Crippen molar-refractivity contribution in [3.05, 3.63) is 114 Å². The summed E-state index contributed by atoms with van der Waals surface area (Å²) >= 11 is 0. The summed E-state index contributed by atoms with van der Waals surface area (Å²) < 4.78 is 5.20. The number of rotatable bonds is 11. The molecule has 0 saturated carbocycles. The Kier molecular flexibility index (Phi) is 8.69. The molecular formula is C29H28N4O4. The van der Waals surface area contributed by atoms with Crippen molar-refractivity contribution in [2.75, 3.05) is 22.5 Å². The zero-order valence-electron chi connectivity index (χ0n) is 20.2. The molecule has 0 aliphatic heterocycles. The minimum atomic E-state index is -0.243. The average molecular weight is 497 g/mol. The maximum atomic E-state index is 12.4. The molecule has 1 heterocycles. The molecule has 3 aromatic carbocycles. The van der Waals surface area contributed by atoms with E-state index in [0.717, 1.165) is 5.56 Å². The number of amides is 3. The molecule has 4 N–H and O–H groups in total. The van der Waals surface area contributed by atoms with Crippen molar-refractivity contribution < 1.29 is 18.8 Å². The van der Waals surface area contributed by atoms with E-state index in [2.05, 4.69) is 21.3 Å². The second-order valence-electron chi connectivity index (χ2n) is 8.36. The molecule has 4 rings (SSSR count). The van der Waals surface area contributed by atoms with Gasteiger partial charge in [0.15, 0.2) is 0 Å². The normalized spacial score (nSPS) is 10.4. The largest absolute Gasteiger partial charge is 0.467 e. The lowest BCUT2D eigenvalue weighted by atomic mass is 10.1. The molecule has 0 aliphatic rings. The van der Waals surface area contributed by atoms with Gasteiger partial charge in [-0.25, -0.2) is 0 Å². The third-order valence-electron chi connectivity index (χ3n) is 5.52. The molecule has 0 aliphatic carbocycles. The highest BCUT2D eigenvalue weighted by atomic mass is 16.3. The van der Waals surface area contributed by atoms with Gasteiger partial charge in [-0.3, -0.25) is 14.4 Å². The highest BCUT2D eigenvalue weighted by Gasteiger charge is 2.08. The van der Waals surface area contributed by atoms with Gasteiger partial charge in [0.2, 0.25) is 11.8 Å². The molecule has 3 amide bonds. The number of furan rings is 1. The number of carbonyl (C=O) groups is 3. The molecule has 0 atom stereocenters. The first-order valence-electron chi connectivity index (χ1n) is 11.9. The molecule has 4 aromatic rings. The Morgan fingerprint density at radius 2 is 1.46 bits per heavy atom. The fraction of sp³-hybridized carbons (Fsp3) is 0.138. The van der Waals surface area contributed by atoms with Gasteiger partial charge in [0.05, 0.1) is 19.4 Å². The predicted octanol–water partition coefficient (Wildman–Crippen LogP) is 4.83. The number of anilines is 3. The van der Waals surface area contributed by atoms with Crippen molar-refractivity contribution >= 4 is 34.8 Å². The topological polar surface area (TPSA) is 112 Å². The lowest BCUT2D eigenvalue weighted by molar-refractivity contribution is -0.116. The zero-order chi connectivity index (χ0) is 25.9. The average Bonchev–Trinajstić information content (AvgIpc) is 3.44. The Bertz CT molecular complexity index is 1320. The maximum absolute atomic E-state index is 12.4. The molecule has 0 unspecified atom stereocenters. The van der Waals surface area contributed by atoms with Gasteiger partial charge in [-0.15, -0.1) is 0 Å². The summed E-state index contributed by atoms with van der Waals surface area (Å²) in [6.07, 6.45) is 2.60. The fourth-order valence-corrected chi connectivity index (χ4v) is 3.61. The van der Waals surface area contributed by atoms with Gasteiger partial charge in [-0.1, -0.05) is 36.4 Å². The van der Waals surface area contributed by atoms with Crippen LogP contribution in [-0.2, 0) is 22.6 Å². The number of hydrogen-bond acceptors (Lipinski definition) is 5. The lowest BCUT2D eigenvalue weighted by Gasteiger charge is -2.11. The van der Waals surface area contributed by atoms with Crippen LogP contribution in [0.15, 0.2) is 102 Å². The van der Waals surface area contributed by atoms with Crippen LogP contribution >= 0.6 is 0 Å². The molecule has 0 radical (unpaired) electrons. The van der Waals surface area contributed by atoms with Gasteiger partial charge in [-0.05, 0) is 66.6 Å². The van der Waals surface area contributed by atoms with Crippen molar-refractivity contribution in [1.82, 2.24) is 5.32 Å². The number of aryl methyl sites for hydroxylation is 1. The summed E-state index contributed by atoms with van der Waals surface area (Å²) in [4.78, 5) is 36.9. The maximum Gasteiger partial charge on any atom is 0.251 e. The van der Waals surface area contributed by atoms with Crippen LogP contribution in [-0.4, -0.2) is 24.3 Å². The van der Waals surface area contributed by atoms with Gasteiger partial charge in [-0.2, -0.15) is 0 Å². The van der Waals surface area contributed by atoms with Crippen LogP contribution < -0.4 is 21.3 Å². The molecule has 8 heteroatoms. The summed E-state index contributed by atoms with van der Waals surface area (Å²) in [5.41, 5.74) is 3.53. The summed E-state index contributed by atoms with van der Waals surface area (Å²) in [6.45, 7) is 0.339. The van der Waals surface area contributed by atoms with E-state index in [9.17, 15) is 14.4 Å². The highest BCUT2D eigenvalue weighted by Crippen LogP contribution is 2.16. The zero-order valence-corrected chi connectivity index (χ0v) is 20.2. The number of benzene rings is 3. The first-order valence-corrected chi connectivity index (χ1v) is 11.9. The van der Waals surface area contributed by atoms with Gasteiger partial charge in [0.1, 0.15) is 5.76 Å². The number of carbonyl (C=O) groups excluding carboxylic acids is 3. The van der Waals surface area contributed by atoms with Crippen LogP contribution in [0.1, 0.15) is 28.1 Å². The quantitative estimate of drug-likeness (QED) is 0.238. The third kappa shape index (κ3) is 8.10. The van der Waals surface area contributed by atoms with E-state index in [1.54, 1.807) is 54.8 Å². The fourth-order valence-electron chi connectivity index (χ4n) is 3.61. The summed E-state index contributed by atoms with van der Waals surface area (Å²) in [5.74, 6) is 0.118. The number of hydrogen-bond donors (Lipinski definition) is 4. The van der Waals surface area contributed by atoms with E-state index >= 15 is 0 Å². The Labute approximate surface area is 215 Å². The second kappa shape index (κ2) is 12.7. The van der Waals surface area contributed by atoms with Gasteiger partial charge < -0.3 is 25.7 Å². The molecule has 188 valence electrons. The minimum Gasteiger partial charge on any atom is -0.467 e. The van der Waals surface area contributed by atoms with Crippen molar-refractivity contribution in [2.24, 2.45) is 0 Å². The molecule has 0 spiro atoms. The molecular weight excluding hydrogens is 468 g/mol. The van der Waals surface area contributed by atoms with E-state index in [-0.39, 0.29) is 24.3 Å². The van der Waals surface area contributed by atoms with Crippen molar-refractivity contribution in [3.8, 4) is 0 Å². The summed E-state index contributed by atoms with van der Waals surface area (Å²) in [7, 11) is 0.